The average Bonchev–Trinajstić information content (AvgIpc) is 3.53. The van der Waals surface area contributed by atoms with E-state index < -0.39 is 0 Å². The number of hydrogen-bond acceptors (Lipinski definition) is 5. The van der Waals surface area contributed by atoms with Crippen LogP contribution < -0.4 is 10.1 Å². The molecule has 1 fully saturated rings. The molecule has 1 aliphatic rings. The monoisotopic (exact) mass is 447 g/mol. The lowest BCUT2D eigenvalue weighted by molar-refractivity contribution is -0.115. The van der Waals surface area contributed by atoms with Gasteiger partial charge in [-0.2, -0.15) is 0 Å². The number of nitrogens with one attached hydrogen (secondary N) is 1. The third-order valence-corrected chi connectivity index (χ3v) is 6.44. The van der Waals surface area contributed by atoms with Gasteiger partial charge < -0.3 is 14.8 Å². The summed E-state index contributed by atoms with van der Waals surface area (Å²) in [6.45, 7) is 3.30. The van der Waals surface area contributed by atoms with Crippen molar-refractivity contribution < 1.29 is 14.3 Å². The number of anilines is 1. The molecule has 1 N–H and O–H groups in total. The number of ether oxygens (including phenoxy) is 2. The first-order valence-corrected chi connectivity index (χ1v) is 11.7. The molecule has 0 saturated carbocycles. The Morgan fingerprint density at radius 2 is 2.16 bits per heavy atom. The van der Waals surface area contributed by atoms with Crippen LogP contribution in [0.25, 0.3) is 16.2 Å². The molecule has 1 aliphatic heterocycles. The van der Waals surface area contributed by atoms with Gasteiger partial charge in [0.1, 0.15) is 12.4 Å². The Hall–Kier alpha value is -3.16. The van der Waals surface area contributed by atoms with Crippen molar-refractivity contribution in [2.45, 2.75) is 32.3 Å². The molecule has 1 atom stereocenters. The van der Waals surface area contributed by atoms with E-state index in [4.69, 9.17) is 14.5 Å². The molecular weight excluding hydrogens is 422 g/mol. The second-order valence-corrected chi connectivity index (χ2v) is 8.88. The largest absolute Gasteiger partial charge is 0.489 e. The standard InChI is InChI=1S/C25H25N3O3S/c1-17-9-10-21(23(12-17)31-15-20-8-5-11-30-20)26-24(29)13-19-16-32-25-27-22(14-28(19)25)18-6-3-2-4-7-18/h2-4,6-7,9-10,12,14,16,20H,5,8,11,13,15H2,1H3,(H,26,29). The van der Waals surface area contributed by atoms with Crippen LogP contribution in [0.4, 0.5) is 5.69 Å². The number of thiazole rings is 1. The minimum Gasteiger partial charge on any atom is -0.489 e. The fraction of sp³-hybridized carbons (Fsp3) is 0.280. The first-order valence-electron chi connectivity index (χ1n) is 10.8. The van der Waals surface area contributed by atoms with Crippen molar-refractivity contribution in [2.75, 3.05) is 18.5 Å². The van der Waals surface area contributed by atoms with Crippen LogP contribution in [0.15, 0.2) is 60.1 Å². The normalized spacial score (nSPS) is 15.8. The van der Waals surface area contributed by atoms with E-state index in [2.05, 4.69) is 5.32 Å². The molecule has 4 aromatic rings. The van der Waals surface area contributed by atoms with Crippen LogP contribution in [0.2, 0.25) is 0 Å². The summed E-state index contributed by atoms with van der Waals surface area (Å²) in [6, 6.07) is 15.9. The molecule has 7 heteroatoms. The molecular formula is C25H25N3O3S. The fourth-order valence-corrected chi connectivity index (χ4v) is 4.75. The zero-order valence-corrected chi connectivity index (χ0v) is 18.7. The molecule has 6 nitrogen and oxygen atoms in total. The quantitative estimate of drug-likeness (QED) is 0.428. The molecule has 0 spiro atoms. The SMILES string of the molecule is Cc1ccc(NC(=O)Cc2csc3nc(-c4ccccc4)cn23)c(OCC2CCCO2)c1. The van der Waals surface area contributed by atoms with Crippen molar-refractivity contribution in [3.8, 4) is 17.0 Å². The summed E-state index contributed by atoms with van der Waals surface area (Å²) in [5.41, 5.74) is 4.64. The van der Waals surface area contributed by atoms with Crippen LogP contribution in [0.1, 0.15) is 24.1 Å². The molecule has 32 heavy (non-hydrogen) atoms. The van der Waals surface area contributed by atoms with Crippen LogP contribution in [0, 0.1) is 6.92 Å². The van der Waals surface area contributed by atoms with Gasteiger partial charge in [0.2, 0.25) is 5.91 Å². The molecule has 0 aliphatic carbocycles. The summed E-state index contributed by atoms with van der Waals surface area (Å²) < 4.78 is 13.7. The number of rotatable bonds is 7. The Kier molecular flexibility index (Phi) is 5.92. The van der Waals surface area contributed by atoms with E-state index in [1.54, 1.807) is 0 Å². The first-order chi connectivity index (χ1) is 15.7. The zero-order chi connectivity index (χ0) is 21.9. The highest BCUT2D eigenvalue weighted by Crippen LogP contribution is 2.28. The van der Waals surface area contributed by atoms with Crippen LogP contribution in [-0.4, -0.2) is 34.6 Å². The van der Waals surface area contributed by atoms with Crippen LogP contribution in [0.5, 0.6) is 5.75 Å². The third-order valence-electron chi connectivity index (χ3n) is 5.55. The first kappa shape index (κ1) is 20.7. The van der Waals surface area contributed by atoms with Gasteiger partial charge in [-0.1, -0.05) is 36.4 Å². The van der Waals surface area contributed by atoms with E-state index in [9.17, 15) is 4.79 Å². The van der Waals surface area contributed by atoms with Crippen LogP contribution >= 0.6 is 11.3 Å². The number of amides is 1. The number of carbonyl (C=O) groups excluding carboxylic acids is 1. The lowest BCUT2D eigenvalue weighted by Crippen LogP contribution is -2.19. The number of nitrogens with zero attached hydrogens (tertiary/aromatic N) is 2. The zero-order valence-electron chi connectivity index (χ0n) is 17.9. The highest BCUT2D eigenvalue weighted by molar-refractivity contribution is 7.15. The lowest BCUT2D eigenvalue weighted by atomic mass is 10.2. The van der Waals surface area contributed by atoms with Crippen molar-refractivity contribution in [1.29, 1.82) is 0 Å². The Labute approximate surface area is 190 Å². The Morgan fingerprint density at radius 1 is 1.28 bits per heavy atom. The summed E-state index contributed by atoms with van der Waals surface area (Å²) in [7, 11) is 0. The van der Waals surface area contributed by atoms with Gasteiger partial charge in [0.15, 0.2) is 4.96 Å². The maximum Gasteiger partial charge on any atom is 0.230 e. The predicted molar refractivity (Wildman–Crippen MR) is 126 cm³/mol. The predicted octanol–water partition coefficient (Wildman–Crippen LogP) is 5.11. The molecule has 164 valence electrons. The summed E-state index contributed by atoms with van der Waals surface area (Å²) in [5, 5.41) is 5.01. The van der Waals surface area contributed by atoms with E-state index in [1.807, 2.05) is 71.4 Å². The van der Waals surface area contributed by atoms with Gasteiger partial charge in [0, 0.05) is 29.4 Å². The minimum atomic E-state index is -0.0921. The summed E-state index contributed by atoms with van der Waals surface area (Å²) in [5.74, 6) is 0.587. The van der Waals surface area contributed by atoms with E-state index in [0.717, 1.165) is 46.9 Å². The van der Waals surface area contributed by atoms with Crippen molar-refractivity contribution in [2.24, 2.45) is 0 Å². The highest BCUT2D eigenvalue weighted by Gasteiger charge is 2.18. The molecule has 3 heterocycles. The van der Waals surface area contributed by atoms with Crippen molar-refractivity contribution in [3.63, 3.8) is 0 Å². The van der Waals surface area contributed by atoms with E-state index in [-0.39, 0.29) is 18.4 Å². The molecule has 1 saturated heterocycles. The highest BCUT2D eigenvalue weighted by atomic mass is 32.1. The number of imidazole rings is 1. The van der Waals surface area contributed by atoms with Crippen LogP contribution in [0.3, 0.4) is 0 Å². The number of benzene rings is 2. The minimum absolute atomic E-state index is 0.0921. The molecule has 1 unspecified atom stereocenters. The third kappa shape index (κ3) is 4.54. The topological polar surface area (TPSA) is 64.9 Å². The van der Waals surface area contributed by atoms with Gasteiger partial charge in [0.25, 0.3) is 0 Å². The Bertz CT molecular complexity index is 1230. The summed E-state index contributed by atoms with van der Waals surface area (Å²) >= 11 is 1.54. The van der Waals surface area contributed by atoms with Gasteiger partial charge in [0.05, 0.1) is 23.9 Å². The van der Waals surface area contributed by atoms with E-state index >= 15 is 0 Å². The fourth-order valence-electron chi connectivity index (χ4n) is 3.87. The van der Waals surface area contributed by atoms with Crippen molar-refractivity contribution in [1.82, 2.24) is 9.38 Å². The van der Waals surface area contributed by atoms with E-state index in [1.165, 1.54) is 11.3 Å². The van der Waals surface area contributed by atoms with Crippen LogP contribution in [-0.2, 0) is 16.0 Å². The number of fused-ring (bicyclic) bond motifs is 1. The maximum absolute atomic E-state index is 12.9. The van der Waals surface area contributed by atoms with Crippen molar-refractivity contribution >= 4 is 27.9 Å². The summed E-state index contributed by atoms with van der Waals surface area (Å²) in [6.07, 6.45) is 4.45. The molecule has 2 aromatic carbocycles. The average molecular weight is 448 g/mol. The van der Waals surface area contributed by atoms with Crippen molar-refractivity contribution in [3.05, 3.63) is 71.4 Å². The van der Waals surface area contributed by atoms with Gasteiger partial charge >= 0.3 is 0 Å². The van der Waals surface area contributed by atoms with E-state index in [0.29, 0.717) is 18.0 Å². The molecule has 2 aromatic heterocycles. The van der Waals surface area contributed by atoms with Gasteiger partial charge in [-0.05, 0) is 37.5 Å². The summed E-state index contributed by atoms with van der Waals surface area (Å²) in [4.78, 5) is 18.5. The number of aryl methyl sites for hydroxylation is 1. The molecule has 1 amide bonds. The Balaban J connectivity index is 1.29. The number of hydrogen-bond donors (Lipinski definition) is 1. The second-order valence-electron chi connectivity index (χ2n) is 8.04. The van der Waals surface area contributed by atoms with Gasteiger partial charge in [-0.25, -0.2) is 4.98 Å². The number of aromatic nitrogens is 2. The maximum atomic E-state index is 12.9. The number of carbonyl (C=O) groups is 1. The molecule has 0 radical (unpaired) electrons. The molecule has 0 bridgehead atoms. The Morgan fingerprint density at radius 3 is 2.97 bits per heavy atom. The van der Waals surface area contributed by atoms with Gasteiger partial charge in [-0.15, -0.1) is 11.3 Å². The second kappa shape index (κ2) is 9.14. The van der Waals surface area contributed by atoms with Gasteiger partial charge in [-0.3, -0.25) is 9.20 Å². The molecule has 5 rings (SSSR count). The lowest BCUT2D eigenvalue weighted by Gasteiger charge is -2.16. The smallest absolute Gasteiger partial charge is 0.230 e.